The lowest BCUT2D eigenvalue weighted by Gasteiger charge is -2.32. The number of nitrogens with two attached hydrogens (primary N) is 1. The van der Waals surface area contributed by atoms with Gasteiger partial charge in [-0.15, -0.1) is 0 Å². The zero-order chi connectivity index (χ0) is 10.6. The zero-order valence-electron chi connectivity index (χ0n) is 9.58. The van der Waals surface area contributed by atoms with Crippen LogP contribution in [-0.2, 0) is 8.85 Å². The molecule has 1 unspecified atom stereocenters. The van der Waals surface area contributed by atoms with E-state index in [-0.39, 0.29) is 6.23 Å². The van der Waals surface area contributed by atoms with Crippen molar-refractivity contribution in [1.29, 1.82) is 0 Å². The molecule has 4 heteroatoms. The molecule has 1 rings (SSSR count). The number of rotatable bonds is 4. The van der Waals surface area contributed by atoms with Gasteiger partial charge in [0.25, 0.3) is 0 Å². The molecule has 1 atom stereocenters. The van der Waals surface area contributed by atoms with Crippen LogP contribution in [-0.4, -0.2) is 21.9 Å². The Labute approximate surface area is 88.2 Å². The lowest BCUT2D eigenvalue weighted by Crippen LogP contribution is -2.45. The molecule has 14 heavy (non-hydrogen) atoms. The molecular weight excluding hydrogens is 194 g/mol. The predicted octanol–water partition coefficient (Wildman–Crippen LogP) is 2.22. The molecule has 1 fully saturated rings. The molecule has 0 aromatic carbocycles. The highest BCUT2D eigenvalue weighted by Crippen LogP contribution is 2.27. The topological polar surface area (TPSA) is 44.5 Å². The van der Waals surface area contributed by atoms with Gasteiger partial charge in [0.1, 0.15) is 0 Å². The summed E-state index contributed by atoms with van der Waals surface area (Å²) in [5.74, 6) is 0.547. The minimum Gasteiger partial charge on any atom is -0.398 e. The van der Waals surface area contributed by atoms with E-state index in [1.54, 1.807) is 7.11 Å². The molecule has 0 heterocycles. The smallest absolute Gasteiger partial charge is 0.332 e. The van der Waals surface area contributed by atoms with E-state index in [2.05, 4.69) is 0 Å². The third-order valence-corrected chi connectivity index (χ3v) is 4.85. The van der Waals surface area contributed by atoms with Crippen molar-refractivity contribution in [3.05, 3.63) is 0 Å². The molecule has 2 N–H and O–H groups in total. The molecule has 0 radical (unpaired) electrons. The SMILES string of the molecule is CO[Si](C)(C)OC(N)C1CCCCC1. The Bertz CT molecular complexity index is 170. The van der Waals surface area contributed by atoms with Crippen LogP contribution in [0.4, 0.5) is 0 Å². The first-order valence-corrected chi connectivity index (χ1v) is 8.35. The Morgan fingerprint density at radius 3 is 2.29 bits per heavy atom. The Balaban J connectivity index is 2.36. The number of hydrogen-bond acceptors (Lipinski definition) is 3. The van der Waals surface area contributed by atoms with E-state index in [4.69, 9.17) is 14.6 Å². The maximum Gasteiger partial charge on any atom is 0.332 e. The molecule has 1 aliphatic rings. The number of hydrogen-bond donors (Lipinski definition) is 1. The van der Waals surface area contributed by atoms with Gasteiger partial charge in [0.15, 0.2) is 0 Å². The summed E-state index contributed by atoms with van der Waals surface area (Å²) in [7, 11) is -0.241. The fourth-order valence-corrected chi connectivity index (χ4v) is 2.88. The second kappa shape index (κ2) is 5.26. The Hall–Kier alpha value is 0.0969. The van der Waals surface area contributed by atoms with Crippen LogP contribution in [0.3, 0.4) is 0 Å². The van der Waals surface area contributed by atoms with E-state index in [1.165, 1.54) is 32.1 Å². The largest absolute Gasteiger partial charge is 0.398 e. The highest BCUT2D eigenvalue weighted by atomic mass is 28.4. The molecule has 84 valence electrons. The van der Waals surface area contributed by atoms with Crippen LogP contribution < -0.4 is 5.73 Å². The van der Waals surface area contributed by atoms with Crippen molar-refractivity contribution in [3.63, 3.8) is 0 Å². The van der Waals surface area contributed by atoms with Crippen molar-refractivity contribution >= 4 is 8.56 Å². The summed E-state index contributed by atoms with van der Waals surface area (Å²) in [5.41, 5.74) is 6.04. The Morgan fingerprint density at radius 1 is 1.21 bits per heavy atom. The van der Waals surface area contributed by atoms with Crippen LogP contribution in [0.1, 0.15) is 32.1 Å². The van der Waals surface area contributed by atoms with Gasteiger partial charge in [-0.3, -0.25) is 0 Å². The monoisotopic (exact) mass is 217 g/mol. The predicted molar refractivity (Wildman–Crippen MR) is 60.1 cm³/mol. The Morgan fingerprint density at radius 2 is 1.79 bits per heavy atom. The summed E-state index contributed by atoms with van der Waals surface area (Å²) in [6, 6.07) is 0. The average molecular weight is 217 g/mol. The van der Waals surface area contributed by atoms with Crippen molar-refractivity contribution < 1.29 is 8.85 Å². The normalized spacial score (nSPS) is 22.3. The summed E-state index contributed by atoms with van der Waals surface area (Å²) < 4.78 is 11.2. The molecule has 3 nitrogen and oxygen atoms in total. The van der Waals surface area contributed by atoms with Gasteiger partial charge in [0.05, 0.1) is 6.23 Å². The van der Waals surface area contributed by atoms with Gasteiger partial charge >= 0.3 is 8.56 Å². The van der Waals surface area contributed by atoms with Crippen LogP contribution >= 0.6 is 0 Å². The average Bonchev–Trinajstić information content (AvgIpc) is 2.19. The molecule has 0 aromatic heterocycles. The quantitative estimate of drug-likeness (QED) is 0.580. The van der Waals surface area contributed by atoms with Gasteiger partial charge < -0.3 is 14.6 Å². The highest BCUT2D eigenvalue weighted by molar-refractivity contribution is 6.64. The highest BCUT2D eigenvalue weighted by Gasteiger charge is 2.30. The first-order chi connectivity index (χ1) is 6.55. The van der Waals surface area contributed by atoms with Gasteiger partial charge in [0.2, 0.25) is 0 Å². The fourth-order valence-electron chi connectivity index (χ4n) is 1.93. The first-order valence-electron chi connectivity index (χ1n) is 5.54. The van der Waals surface area contributed by atoms with E-state index in [9.17, 15) is 0 Å². The minimum atomic E-state index is -1.95. The van der Waals surface area contributed by atoms with Crippen LogP contribution in [0.2, 0.25) is 13.1 Å². The lowest BCUT2D eigenvalue weighted by atomic mass is 9.88. The van der Waals surface area contributed by atoms with Crippen LogP contribution in [0, 0.1) is 5.92 Å². The summed E-state index contributed by atoms with van der Waals surface area (Å²) >= 11 is 0. The maximum absolute atomic E-state index is 6.04. The van der Waals surface area contributed by atoms with E-state index >= 15 is 0 Å². The summed E-state index contributed by atoms with van der Waals surface area (Å²) in [6.07, 6.45) is 6.28. The summed E-state index contributed by atoms with van der Waals surface area (Å²) in [4.78, 5) is 0. The van der Waals surface area contributed by atoms with Gasteiger partial charge in [-0.05, 0) is 31.9 Å². The summed E-state index contributed by atoms with van der Waals surface area (Å²) in [5, 5.41) is 0. The molecule has 1 aliphatic carbocycles. The lowest BCUT2D eigenvalue weighted by molar-refractivity contribution is 0.0748. The van der Waals surface area contributed by atoms with Gasteiger partial charge in [-0.1, -0.05) is 19.3 Å². The Kier molecular flexibility index (Phi) is 4.57. The van der Waals surface area contributed by atoms with Crippen LogP contribution in [0.25, 0.3) is 0 Å². The molecule has 0 aromatic rings. The molecule has 0 bridgehead atoms. The molecule has 0 spiro atoms. The minimum absolute atomic E-state index is 0.114. The van der Waals surface area contributed by atoms with Crippen molar-refractivity contribution in [2.24, 2.45) is 11.7 Å². The van der Waals surface area contributed by atoms with Crippen LogP contribution in [0.15, 0.2) is 0 Å². The summed E-state index contributed by atoms with van der Waals surface area (Å²) in [6.45, 7) is 4.07. The van der Waals surface area contributed by atoms with E-state index in [1.807, 2.05) is 13.1 Å². The van der Waals surface area contributed by atoms with E-state index < -0.39 is 8.56 Å². The zero-order valence-corrected chi connectivity index (χ0v) is 10.6. The van der Waals surface area contributed by atoms with Crippen molar-refractivity contribution in [1.82, 2.24) is 0 Å². The van der Waals surface area contributed by atoms with Crippen molar-refractivity contribution in [2.45, 2.75) is 51.4 Å². The second-order valence-electron chi connectivity index (χ2n) is 4.58. The third-order valence-electron chi connectivity index (χ3n) is 3.03. The van der Waals surface area contributed by atoms with Gasteiger partial charge in [0, 0.05) is 7.11 Å². The maximum atomic E-state index is 6.04. The molecule has 0 aliphatic heterocycles. The molecule has 0 saturated heterocycles. The first kappa shape index (κ1) is 12.2. The van der Waals surface area contributed by atoms with E-state index in [0.717, 1.165) is 0 Å². The van der Waals surface area contributed by atoms with Gasteiger partial charge in [-0.2, -0.15) is 0 Å². The molecule has 1 saturated carbocycles. The standard InChI is InChI=1S/C10H23NO2Si/c1-12-14(2,3)13-10(11)9-7-5-4-6-8-9/h9-10H,4-8,11H2,1-3H3. The molecule has 0 amide bonds. The second-order valence-corrected chi connectivity index (χ2v) is 8.03. The van der Waals surface area contributed by atoms with Crippen molar-refractivity contribution in [2.75, 3.05) is 7.11 Å². The van der Waals surface area contributed by atoms with E-state index in [0.29, 0.717) is 5.92 Å². The van der Waals surface area contributed by atoms with Crippen molar-refractivity contribution in [3.8, 4) is 0 Å². The molecular formula is C10H23NO2Si. The van der Waals surface area contributed by atoms with Crippen LogP contribution in [0.5, 0.6) is 0 Å². The van der Waals surface area contributed by atoms with Gasteiger partial charge in [-0.25, -0.2) is 0 Å². The fraction of sp³-hybridized carbons (Fsp3) is 1.00. The third kappa shape index (κ3) is 3.69.